The molecule has 0 aromatic heterocycles. The molecule has 4 fully saturated rings. The molecule has 0 aromatic rings. The third-order valence-electron chi connectivity index (χ3n) is 13.1. The average molecular weight is 554 g/mol. The number of fused-ring (bicyclic) bond motifs is 5. The molecule has 5 rings (SSSR count). The minimum Gasteiger partial charge on any atom is -0.462 e. The second-order valence-corrected chi connectivity index (χ2v) is 16.0. The number of ether oxygens (including phenoxy) is 1. The maximum atomic E-state index is 12.7. The number of carbonyl (C=O) groups excluding carboxylic acids is 1. The van der Waals surface area contributed by atoms with Gasteiger partial charge in [0.2, 0.25) is 0 Å². The minimum absolute atomic E-state index is 0.0528. The number of unbranched alkanes of at least 4 members (excludes halogenated alkanes) is 2. The van der Waals surface area contributed by atoms with Gasteiger partial charge in [0.1, 0.15) is 6.10 Å². The predicted octanol–water partition coefficient (Wildman–Crippen LogP) is 9.60. The highest BCUT2D eigenvalue weighted by molar-refractivity contribution is 5.69. The number of esters is 1. The van der Waals surface area contributed by atoms with E-state index in [0.717, 1.165) is 61.2 Å². The Morgan fingerprint density at radius 2 is 1.75 bits per heavy atom. The molecule has 3 nitrogen and oxygen atoms in total. The van der Waals surface area contributed by atoms with E-state index in [9.17, 15) is 4.79 Å². The number of allylic oxidation sites excluding steroid dienone is 1. The third kappa shape index (κ3) is 6.55. The molecule has 1 aliphatic heterocycles. The quantitative estimate of drug-likeness (QED) is 0.137. The summed E-state index contributed by atoms with van der Waals surface area (Å²) in [4.78, 5) is 15.3. The van der Waals surface area contributed by atoms with E-state index in [-0.39, 0.29) is 12.1 Å². The molecule has 0 N–H and O–H groups in total. The lowest BCUT2D eigenvalue weighted by atomic mass is 9.47. The van der Waals surface area contributed by atoms with E-state index in [0.29, 0.717) is 17.3 Å². The molecule has 3 heteroatoms. The summed E-state index contributed by atoms with van der Waals surface area (Å²) >= 11 is 0. The van der Waals surface area contributed by atoms with Crippen molar-refractivity contribution in [3.05, 3.63) is 11.6 Å². The van der Waals surface area contributed by atoms with Crippen LogP contribution in [0, 0.1) is 46.3 Å². The molecule has 40 heavy (non-hydrogen) atoms. The monoisotopic (exact) mass is 553 g/mol. The van der Waals surface area contributed by atoms with Crippen LogP contribution in [0.4, 0.5) is 0 Å². The highest BCUT2D eigenvalue weighted by Crippen LogP contribution is 2.67. The largest absolute Gasteiger partial charge is 0.462 e. The molecule has 1 heterocycles. The van der Waals surface area contributed by atoms with Gasteiger partial charge in [-0.15, -0.1) is 0 Å². The van der Waals surface area contributed by atoms with Gasteiger partial charge in [-0.2, -0.15) is 0 Å². The van der Waals surface area contributed by atoms with Gasteiger partial charge in [0.25, 0.3) is 0 Å². The minimum atomic E-state index is 0.0528. The number of nitrogens with zero attached hydrogens (tertiary/aromatic N) is 1. The van der Waals surface area contributed by atoms with Crippen molar-refractivity contribution in [3.63, 3.8) is 0 Å². The topological polar surface area (TPSA) is 29.5 Å². The molecular formula is C37H63NO2. The summed E-state index contributed by atoms with van der Waals surface area (Å²) in [5.74, 6) is 5.33. The summed E-state index contributed by atoms with van der Waals surface area (Å²) in [6, 6.07) is 0. The van der Waals surface area contributed by atoms with Crippen LogP contribution in [0.3, 0.4) is 0 Å². The Morgan fingerprint density at radius 1 is 0.950 bits per heavy atom. The van der Waals surface area contributed by atoms with Gasteiger partial charge in [0, 0.05) is 12.8 Å². The smallest absolute Gasteiger partial charge is 0.306 e. The lowest BCUT2D eigenvalue weighted by Gasteiger charge is -2.58. The van der Waals surface area contributed by atoms with Crippen LogP contribution < -0.4 is 0 Å². The van der Waals surface area contributed by atoms with Crippen LogP contribution in [0.2, 0.25) is 0 Å². The standard InChI is InChI=1S/C37H63NO2/c1-27(2)12-11-13-28(3)32-17-18-33-31-16-15-29-26-30(19-21-36(29,4)34(31)20-22-37(32,33)5)40-35(39)14-7-6-8-23-38-24-9-10-25-38/h15,27-28,30-34H,6-14,16-26H2,1-5H3/t28-,30+,31+,32-,33+,34+,36+,37-/m1/s1. The zero-order valence-corrected chi connectivity index (χ0v) is 27.0. The fourth-order valence-electron chi connectivity index (χ4n) is 10.8. The van der Waals surface area contributed by atoms with Crippen LogP contribution in [0.1, 0.15) is 144 Å². The number of likely N-dealkylation sites (tertiary alicyclic amines) is 1. The van der Waals surface area contributed by atoms with Crippen molar-refractivity contribution in [1.82, 2.24) is 4.90 Å². The molecule has 0 bridgehead atoms. The third-order valence-corrected chi connectivity index (χ3v) is 13.1. The summed E-state index contributed by atoms with van der Waals surface area (Å²) < 4.78 is 6.08. The van der Waals surface area contributed by atoms with E-state index < -0.39 is 0 Å². The predicted molar refractivity (Wildman–Crippen MR) is 167 cm³/mol. The first kappa shape index (κ1) is 30.6. The van der Waals surface area contributed by atoms with Gasteiger partial charge >= 0.3 is 5.97 Å². The van der Waals surface area contributed by atoms with Gasteiger partial charge in [-0.1, -0.05) is 72.0 Å². The zero-order valence-electron chi connectivity index (χ0n) is 27.0. The van der Waals surface area contributed by atoms with Gasteiger partial charge < -0.3 is 9.64 Å². The van der Waals surface area contributed by atoms with Gasteiger partial charge in [-0.3, -0.25) is 4.79 Å². The van der Waals surface area contributed by atoms with Crippen molar-refractivity contribution >= 4 is 5.97 Å². The van der Waals surface area contributed by atoms with E-state index in [1.165, 1.54) is 96.7 Å². The highest BCUT2D eigenvalue weighted by atomic mass is 16.5. The van der Waals surface area contributed by atoms with Crippen LogP contribution in [-0.2, 0) is 9.53 Å². The Bertz CT molecular complexity index is 873. The first-order valence-corrected chi connectivity index (χ1v) is 17.8. The number of rotatable bonds is 12. The first-order chi connectivity index (χ1) is 19.2. The molecule has 8 atom stereocenters. The molecule has 0 unspecified atom stereocenters. The Balaban J connectivity index is 1.11. The van der Waals surface area contributed by atoms with Gasteiger partial charge in [0.05, 0.1) is 0 Å². The molecule has 4 aliphatic carbocycles. The van der Waals surface area contributed by atoms with E-state index in [4.69, 9.17) is 4.74 Å². The number of hydrogen-bond donors (Lipinski definition) is 0. The summed E-state index contributed by atoms with van der Waals surface area (Å²) in [6.07, 6.45) is 24.0. The first-order valence-electron chi connectivity index (χ1n) is 17.8. The van der Waals surface area contributed by atoms with Crippen LogP contribution in [0.15, 0.2) is 11.6 Å². The van der Waals surface area contributed by atoms with Crippen LogP contribution in [-0.4, -0.2) is 36.6 Å². The molecule has 228 valence electrons. The lowest BCUT2D eigenvalue weighted by molar-refractivity contribution is -0.151. The second kappa shape index (κ2) is 13.2. The summed E-state index contributed by atoms with van der Waals surface area (Å²) in [5.41, 5.74) is 2.54. The maximum Gasteiger partial charge on any atom is 0.306 e. The van der Waals surface area contributed by atoms with Crippen molar-refractivity contribution in [3.8, 4) is 0 Å². The lowest BCUT2D eigenvalue weighted by Crippen LogP contribution is -2.51. The van der Waals surface area contributed by atoms with Crippen LogP contribution in [0.5, 0.6) is 0 Å². The highest BCUT2D eigenvalue weighted by Gasteiger charge is 2.59. The van der Waals surface area contributed by atoms with E-state index in [1.807, 2.05) is 0 Å². The number of carbonyl (C=O) groups is 1. The van der Waals surface area contributed by atoms with E-state index in [1.54, 1.807) is 5.57 Å². The van der Waals surface area contributed by atoms with Crippen molar-refractivity contribution in [2.45, 2.75) is 150 Å². The molecule has 0 spiro atoms. The van der Waals surface area contributed by atoms with Gasteiger partial charge in [0.15, 0.2) is 0 Å². The molecule has 1 saturated heterocycles. The van der Waals surface area contributed by atoms with Crippen molar-refractivity contribution in [2.24, 2.45) is 46.3 Å². The molecule has 0 aromatic carbocycles. The fourth-order valence-corrected chi connectivity index (χ4v) is 10.8. The Hall–Kier alpha value is -0.830. The Labute approximate surface area is 247 Å². The molecule has 3 saturated carbocycles. The zero-order chi connectivity index (χ0) is 28.3. The normalized spacial score (nSPS) is 38.5. The summed E-state index contributed by atoms with van der Waals surface area (Å²) in [7, 11) is 0. The van der Waals surface area contributed by atoms with E-state index >= 15 is 0 Å². The maximum absolute atomic E-state index is 12.7. The molecular weight excluding hydrogens is 490 g/mol. The van der Waals surface area contributed by atoms with E-state index in [2.05, 4.69) is 45.6 Å². The second-order valence-electron chi connectivity index (χ2n) is 16.0. The van der Waals surface area contributed by atoms with Crippen molar-refractivity contribution in [2.75, 3.05) is 19.6 Å². The van der Waals surface area contributed by atoms with Gasteiger partial charge in [-0.05, 0) is 137 Å². The Kier molecular flexibility index (Phi) is 10.1. The number of hydrogen-bond acceptors (Lipinski definition) is 3. The molecule has 0 amide bonds. The van der Waals surface area contributed by atoms with Crippen LogP contribution in [0.25, 0.3) is 0 Å². The summed E-state index contributed by atoms with van der Waals surface area (Å²) in [5, 5.41) is 0. The summed E-state index contributed by atoms with van der Waals surface area (Å²) in [6.45, 7) is 16.4. The Morgan fingerprint density at radius 3 is 2.52 bits per heavy atom. The average Bonchev–Trinajstić information content (AvgIpc) is 3.56. The molecule has 0 radical (unpaired) electrons. The van der Waals surface area contributed by atoms with Crippen molar-refractivity contribution < 1.29 is 9.53 Å². The van der Waals surface area contributed by atoms with Gasteiger partial charge in [-0.25, -0.2) is 0 Å². The SMILES string of the molecule is CC(C)CCC[C@@H](C)[C@H]1CC[C@H]2[C@@H]3CC=C4C[C@@H](OC(=O)CCCCCN5CCCC5)CC[C@]4(C)[C@H]3CC[C@]12C. The van der Waals surface area contributed by atoms with Crippen LogP contribution >= 0.6 is 0 Å². The van der Waals surface area contributed by atoms with Crippen molar-refractivity contribution in [1.29, 1.82) is 0 Å². The fraction of sp³-hybridized carbons (Fsp3) is 0.919. The molecule has 5 aliphatic rings.